The Morgan fingerprint density at radius 1 is 0.756 bits per heavy atom. The normalized spacial score (nSPS) is 11.5. The Balaban J connectivity index is 1.27. The molecule has 0 spiro atoms. The molecule has 1 amide bonds. The molecule has 0 aliphatic carbocycles. The maximum atomic E-state index is 13.6. The Bertz CT molecular complexity index is 2020. The fourth-order valence-electron chi connectivity index (χ4n) is 5.08. The first kappa shape index (κ1) is 29.3. The van der Waals surface area contributed by atoms with E-state index in [-0.39, 0.29) is 17.1 Å². The summed E-state index contributed by atoms with van der Waals surface area (Å²) in [5.41, 5.74) is 4.29. The van der Waals surface area contributed by atoms with Gasteiger partial charge in [0.05, 0.1) is 18.2 Å². The molecule has 7 heteroatoms. The van der Waals surface area contributed by atoms with E-state index in [4.69, 9.17) is 18.6 Å². The second-order valence-corrected chi connectivity index (χ2v) is 10.6. The molecular weight excluding hydrogens is 566 g/mol. The van der Waals surface area contributed by atoms with Gasteiger partial charge in [-0.3, -0.25) is 9.59 Å². The monoisotopic (exact) mass is 597 g/mol. The van der Waals surface area contributed by atoms with E-state index < -0.39 is 6.10 Å². The van der Waals surface area contributed by atoms with Crippen LogP contribution in [0.1, 0.15) is 23.0 Å². The van der Waals surface area contributed by atoms with Crippen molar-refractivity contribution in [2.45, 2.75) is 20.0 Å². The zero-order valence-corrected chi connectivity index (χ0v) is 25.1. The van der Waals surface area contributed by atoms with Crippen molar-refractivity contribution in [1.82, 2.24) is 0 Å². The summed E-state index contributed by atoms with van der Waals surface area (Å²) < 4.78 is 23.7. The van der Waals surface area contributed by atoms with Crippen LogP contribution in [0.5, 0.6) is 23.0 Å². The molecule has 0 bridgehead atoms. The van der Waals surface area contributed by atoms with Crippen molar-refractivity contribution in [2.75, 3.05) is 12.4 Å². The Kier molecular flexibility index (Phi) is 8.33. The molecule has 0 saturated heterocycles. The average molecular weight is 598 g/mol. The molecule has 0 aliphatic heterocycles. The van der Waals surface area contributed by atoms with Gasteiger partial charge in [-0.25, -0.2) is 0 Å². The van der Waals surface area contributed by atoms with Crippen molar-refractivity contribution in [3.63, 3.8) is 0 Å². The van der Waals surface area contributed by atoms with E-state index in [1.807, 2.05) is 104 Å². The number of benzene rings is 5. The van der Waals surface area contributed by atoms with Gasteiger partial charge in [0.2, 0.25) is 17.3 Å². The van der Waals surface area contributed by atoms with Crippen LogP contribution in [0.4, 0.5) is 5.69 Å². The van der Waals surface area contributed by atoms with E-state index in [0.717, 1.165) is 16.7 Å². The van der Waals surface area contributed by atoms with Crippen molar-refractivity contribution in [3.8, 4) is 34.1 Å². The number of ether oxygens (including phenoxy) is 3. The van der Waals surface area contributed by atoms with E-state index in [2.05, 4.69) is 5.32 Å². The fourth-order valence-corrected chi connectivity index (χ4v) is 5.08. The van der Waals surface area contributed by atoms with Crippen molar-refractivity contribution in [3.05, 3.63) is 148 Å². The molecule has 6 aromatic rings. The van der Waals surface area contributed by atoms with E-state index >= 15 is 0 Å². The predicted molar refractivity (Wildman–Crippen MR) is 175 cm³/mol. The first-order valence-electron chi connectivity index (χ1n) is 14.5. The second kappa shape index (κ2) is 12.8. The summed E-state index contributed by atoms with van der Waals surface area (Å²) >= 11 is 0. The van der Waals surface area contributed by atoms with Crippen LogP contribution in [0.2, 0.25) is 0 Å². The zero-order chi connectivity index (χ0) is 31.3. The van der Waals surface area contributed by atoms with Gasteiger partial charge in [-0.1, -0.05) is 78.9 Å². The Morgan fingerprint density at radius 2 is 1.42 bits per heavy atom. The van der Waals surface area contributed by atoms with Crippen LogP contribution in [0.3, 0.4) is 0 Å². The lowest BCUT2D eigenvalue weighted by Crippen LogP contribution is -2.26. The van der Waals surface area contributed by atoms with E-state index in [1.54, 1.807) is 38.3 Å². The molecule has 1 atom stereocenters. The minimum Gasteiger partial charge on any atom is -0.495 e. The third kappa shape index (κ3) is 6.43. The highest BCUT2D eigenvalue weighted by molar-refractivity contribution is 5.96. The van der Waals surface area contributed by atoms with Crippen LogP contribution < -0.4 is 25.0 Å². The standard InChI is InChI=1S/C38H31NO6/c1-24-14-21-33(42-3)32(22-24)39-38(41)37(28-12-8-5-9-13-28)45-30-19-20-31-34(23-30)43-25(2)36(35(31)40)44-29-17-15-27(16-18-29)26-10-6-4-7-11-26/h4-23,37H,1-3H3,(H,39,41)/t37-/m0/s1. The maximum absolute atomic E-state index is 13.6. The van der Waals surface area contributed by atoms with Gasteiger partial charge in [-0.15, -0.1) is 0 Å². The van der Waals surface area contributed by atoms with Gasteiger partial charge in [0.15, 0.2) is 0 Å². The number of carbonyl (C=O) groups is 1. The lowest BCUT2D eigenvalue weighted by molar-refractivity contribution is -0.123. The molecule has 0 unspecified atom stereocenters. The molecule has 0 radical (unpaired) electrons. The molecular formula is C38H31NO6. The average Bonchev–Trinajstić information content (AvgIpc) is 3.06. The highest BCUT2D eigenvalue weighted by atomic mass is 16.5. The topological polar surface area (TPSA) is 87.0 Å². The molecule has 0 fully saturated rings. The van der Waals surface area contributed by atoms with E-state index in [0.29, 0.717) is 45.2 Å². The summed E-state index contributed by atoms with van der Waals surface area (Å²) in [5, 5.41) is 3.27. The van der Waals surface area contributed by atoms with Crippen molar-refractivity contribution < 1.29 is 23.4 Å². The molecule has 45 heavy (non-hydrogen) atoms. The Hall–Kier alpha value is -5.82. The molecule has 0 aliphatic rings. The predicted octanol–water partition coefficient (Wildman–Crippen LogP) is 8.64. The van der Waals surface area contributed by atoms with Crippen molar-refractivity contribution in [2.24, 2.45) is 0 Å². The number of hydrogen-bond acceptors (Lipinski definition) is 6. The number of methoxy groups -OCH3 is 1. The number of anilines is 1. The summed E-state index contributed by atoms with van der Waals surface area (Å²) in [6.07, 6.45) is -0.997. The molecule has 1 heterocycles. The number of rotatable bonds is 9. The first-order chi connectivity index (χ1) is 21.9. The molecule has 5 aromatic carbocycles. The third-order valence-corrected chi connectivity index (χ3v) is 7.38. The smallest absolute Gasteiger partial charge is 0.270 e. The highest BCUT2D eigenvalue weighted by Gasteiger charge is 2.25. The molecule has 7 nitrogen and oxygen atoms in total. The van der Waals surface area contributed by atoms with Crippen LogP contribution in [0.15, 0.2) is 131 Å². The fraction of sp³-hybridized carbons (Fsp3) is 0.105. The van der Waals surface area contributed by atoms with Crippen LogP contribution in [0, 0.1) is 13.8 Å². The maximum Gasteiger partial charge on any atom is 0.270 e. The number of nitrogens with one attached hydrogen (secondary N) is 1. The van der Waals surface area contributed by atoms with Gasteiger partial charge >= 0.3 is 0 Å². The lowest BCUT2D eigenvalue weighted by Gasteiger charge is -2.20. The molecule has 1 aromatic heterocycles. The zero-order valence-electron chi connectivity index (χ0n) is 25.1. The van der Waals surface area contributed by atoms with Gasteiger partial charge in [0.1, 0.15) is 28.6 Å². The van der Waals surface area contributed by atoms with E-state index in [9.17, 15) is 9.59 Å². The van der Waals surface area contributed by atoms with Gasteiger partial charge in [-0.2, -0.15) is 0 Å². The summed E-state index contributed by atoms with van der Waals surface area (Å²) in [5.74, 6) is 1.46. The molecule has 6 rings (SSSR count). The first-order valence-corrected chi connectivity index (χ1v) is 14.5. The van der Waals surface area contributed by atoms with Gasteiger partial charge < -0.3 is 23.9 Å². The minimum atomic E-state index is -0.997. The SMILES string of the molecule is COc1ccc(C)cc1NC(=O)[C@@H](Oc1ccc2c(=O)c(Oc3ccc(-c4ccccc4)cc3)c(C)oc2c1)c1ccccc1. The Morgan fingerprint density at radius 3 is 2.13 bits per heavy atom. The third-order valence-electron chi connectivity index (χ3n) is 7.38. The molecule has 1 N–H and O–H groups in total. The van der Waals surface area contributed by atoms with Crippen LogP contribution in [-0.2, 0) is 4.79 Å². The summed E-state index contributed by atoms with van der Waals surface area (Å²) in [7, 11) is 1.55. The van der Waals surface area contributed by atoms with Gasteiger partial charge in [0, 0.05) is 11.6 Å². The number of amides is 1. The van der Waals surface area contributed by atoms with E-state index in [1.165, 1.54) is 0 Å². The van der Waals surface area contributed by atoms with Crippen molar-refractivity contribution in [1.29, 1.82) is 0 Å². The van der Waals surface area contributed by atoms with Gasteiger partial charge in [-0.05, 0) is 66.9 Å². The van der Waals surface area contributed by atoms with Crippen LogP contribution >= 0.6 is 0 Å². The Labute approximate surface area is 260 Å². The van der Waals surface area contributed by atoms with Crippen molar-refractivity contribution >= 4 is 22.6 Å². The van der Waals surface area contributed by atoms with Gasteiger partial charge in [0.25, 0.3) is 5.91 Å². The number of carbonyl (C=O) groups excluding carboxylic acids is 1. The second-order valence-electron chi connectivity index (χ2n) is 10.6. The molecule has 224 valence electrons. The highest BCUT2D eigenvalue weighted by Crippen LogP contribution is 2.32. The number of fused-ring (bicyclic) bond motifs is 1. The largest absolute Gasteiger partial charge is 0.495 e. The minimum absolute atomic E-state index is 0.109. The van der Waals surface area contributed by atoms with Crippen LogP contribution in [-0.4, -0.2) is 13.0 Å². The summed E-state index contributed by atoms with van der Waals surface area (Å²) in [6.45, 7) is 3.61. The quantitative estimate of drug-likeness (QED) is 0.180. The lowest BCUT2D eigenvalue weighted by atomic mass is 10.1. The molecule has 0 saturated carbocycles. The summed E-state index contributed by atoms with van der Waals surface area (Å²) in [4.78, 5) is 27.1. The number of hydrogen-bond donors (Lipinski definition) is 1. The number of aryl methyl sites for hydroxylation is 2. The summed E-state index contributed by atoms with van der Waals surface area (Å²) in [6, 6.07) is 37.1. The van der Waals surface area contributed by atoms with Crippen LogP contribution in [0.25, 0.3) is 22.1 Å².